The molecular weight excluding hydrogens is 524 g/mol. The van der Waals surface area contributed by atoms with Gasteiger partial charge in [-0.15, -0.1) is 11.3 Å². The van der Waals surface area contributed by atoms with Crippen LogP contribution in [0, 0.1) is 6.92 Å². The van der Waals surface area contributed by atoms with Crippen LogP contribution >= 0.6 is 11.3 Å². The molecule has 11 heteroatoms. The van der Waals surface area contributed by atoms with Crippen LogP contribution in [0.1, 0.15) is 52.9 Å². The number of aryl methyl sites for hydroxylation is 1. The number of sulfone groups is 1. The summed E-state index contributed by atoms with van der Waals surface area (Å²) in [6.07, 6.45) is 1.82. The third-order valence-corrected chi connectivity index (χ3v) is 10.0. The predicted molar refractivity (Wildman–Crippen MR) is 149 cm³/mol. The van der Waals surface area contributed by atoms with Crippen LogP contribution in [0.15, 0.2) is 36.4 Å². The van der Waals surface area contributed by atoms with Crippen molar-refractivity contribution in [2.45, 2.75) is 50.2 Å². The summed E-state index contributed by atoms with van der Waals surface area (Å²) >= 11 is 1.14. The van der Waals surface area contributed by atoms with Gasteiger partial charge in [-0.3, -0.25) is 14.4 Å². The molecule has 3 aromatic rings. The quantitative estimate of drug-likeness (QED) is 0.417. The first-order chi connectivity index (χ1) is 17.9. The Kier molecular flexibility index (Phi) is 7.89. The Labute approximate surface area is 226 Å². The van der Waals surface area contributed by atoms with Crippen LogP contribution in [0.3, 0.4) is 0 Å². The van der Waals surface area contributed by atoms with E-state index in [0.717, 1.165) is 40.9 Å². The third-order valence-electron chi connectivity index (χ3n) is 6.39. The van der Waals surface area contributed by atoms with Crippen LogP contribution in [0.5, 0.6) is 0 Å². The summed E-state index contributed by atoms with van der Waals surface area (Å²) in [6.45, 7) is 4.66. The average molecular weight is 557 g/mol. The van der Waals surface area contributed by atoms with Crippen molar-refractivity contribution in [2.24, 2.45) is 0 Å². The molecule has 38 heavy (non-hydrogen) atoms. The summed E-state index contributed by atoms with van der Waals surface area (Å²) in [5, 5.41) is 3.08. The lowest BCUT2D eigenvalue weighted by Gasteiger charge is -2.17. The molecule has 0 saturated heterocycles. The lowest BCUT2D eigenvalue weighted by molar-refractivity contribution is -0.126. The van der Waals surface area contributed by atoms with Crippen molar-refractivity contribution in [3.05, 3.63) is 52.5 Å². The Morgan fingerprint density at radius 1 is 1.13 bits per heavy atom. The van der Waals surface area contributed by atoms with E-state index in [2.05, 4.69) is 15.6 Å². The molecule has 1 aliphatic carbocycles. The van der Waals surface area contributed by atoms with Gasteiger partial charge in [-0.25, -0.2) is 13.4 Å². The Morgan fingerprint density at radius 2 is 1.84 bits per heavy atom. The van der Waals surface area contributed by atoms with E-state index in [1.165, 1.54) is 18.7 Å². The van der Waals surface area contributed by atoms with Gasteiger partial charge >= 0.3 is 0 Å². The number of aromatic nitrogens is 1. The molecule has 4 rings (SSSR count). The number of hydrogen-bond donors (Lipinski definition) is 2. The largest absolute Gasteiger partial charge is 0.352 e. The molecule has 1 heterocycles. The molecule has 2 aromatic carbocycles. The van der Waals surface area contributed by atoms with Crippen LogP contribution in [-0.2, 0) is 19.4 Å². The standard InChI is InChI=1S/C27H32N4O5S2/c1-15(2)38(35,36)24(25(33)28-14-23(32)29-19-9-10-19)26-30-21-11-16(3)20(13-22(21)37-26)17-7-6-8-18(12-17)27(34)31(4)5/h6-8,11-13,15,19,24H,9-10,14H2,1-5H3,(H,28,33)(H,29,32). The number of nitrogens with one attached hydrogen (secondary N) is 2. The van der Waals surface area contributed by atoms with E-state index in [1.54, 1.807) is 20.2 Å². The second kappa shape index (κ2) is 10.8. The first-order valence-corrected chi connectivity index (χ1v) is 14.8. The fourth-order valence-electron chi connectivity index (χ4n) is 4.04. The average Bonchev–Trinajstić information content (AvgIpc) is 3.58. The van der Waals surface area contributed by atoms with Crippen molar-refractivity contribution >= 4 is 49.1 Å². The molecule has 0 radical (unpaired) electrons. The summed E-state index contributed by atoms with van der Waals surface area (Å²) in [6, 6.07) is 11.2. The van der Waals surface area contributed by atoms with Gasteiger partial charge in [-0.1, -0.05) is 12.1 Å². The van der Waals surface area contributed by atoms with Crippen LogP contribution in [-0.4, -0.2) is 68.0 Å². The molecule has 0 bridgehead atoms. The highest BCUT2D eigenvalue weighted by Crippen LogP contribution is 2.36. The Balaban J connectivity index is 1.69. The number of fused-ring (bicyclic) bond motifs is 1. The predicted octanol–water partition coefficient (Wildman–Crippen LogP) is 3.23. The van der Waals surface area contributed by atoms with Gasteiger partial charge in [-0.2, -0.15) is 0 Å². The highest BCUT2D eigenvalue weighted by molar-refractivity contribution is 7.93. The molecule has 1 unspecified atom stereocenters. The maximum Gasteiger partial charge on any atom is 0.253 e. The number of rotatable bonds is 9. The lowest BCUT2D eigenvalue weighted by atomic mass is 9.98. The summed E-state index contributed by atoms with van der Waals surface area (Å²) in [5.41, 5.74) is 3.76. The smallest absolute Gasteiger partial charge is 0.253 e. The number of thiazole rings is 1. The van der Waals surface area contributed by atoms with E-state index in [9.17, 15) is 22.8 Å². The number of nitrogens with zero attached hydrogens (tertiary/aromatic N) is 2. The molecular formula is C27H32N4O5S2. The van der Waals surface area contributed by atoms with Gasteiger partial charge in [0.2, 0.25) is 11.8 Å². The first kappa shape index (κ1) is 27.7. The summed E-state index contributed by atoms with van der Waals surface area (Å²) < 4.78 is 27.2. The molecule has 2 N–H and O–H groups in total. The van der Waals surface area contributed by atoms with Crippen LogP contribution in [0.4, 0.5) is 0 Å². The van der Waals surface area contributed by atoms with E-state index in [1.807, 2.05) is 37.3 Å². The number of hydrogen-bond acceptors (Lipinski definition) is 7. The Morgan fingerprint density at radius 3 is 2.47 bits per heavy atom. The van der Waals surface area contributed by atoms with E-state index in [-0.39, 0.29) is 29.4 Å². The van der Waals surface area contributed by atoms with Crippen molar-refractivity contribution in [3.8, 4) is 11.1 Å². The van der Waals surface area contributed by atoms with Crippen molar-refractivity contribution in [1.29, 1.82) is 0 Å². The van der Waals surface area contributed by atoms with E-state index in [4.69, 9.17) is 0 Å². The molecule has 3 amide bonds. The molecule has 1 saturated carbocycles. The summed E-state index contributed by atoms with van der Waals surface area (Å²) in [5.74, 6) is -1.22. The topological polar surface area (TPSA) is 126 Å². The maximum absolute atomic E-state index is 13.3. The Hall–Kier alpha value is -3.31. The van der Waals surface area contributed by atoms with Gasteiger partial charge in [0, 0.05) is 25.7 Å². The van der Waals surface area contributed by atoms with Crippen molar-refractivity contribution in [2.75, 3.05) is 20.6 Å². The zero-order valence-corrected chi connectivity index (χ0v) is 23.7. The van der Waals surface area contributed by atoms with Crippen molar-refractivity contribution < 1.29 is 22.8 Å². The van der Waals surface area contributed by atoms with Gasteiger partial charge in [0.1, 0.15) is 5.01 Å². The molecule has 202 valence electrons. The molecule has 0 spiro atoms. The molecule has 0 aliphatic heterocycles. The van der Waals surface area contributed by atoms with Crippen molar-refractivity contribution in [1.82, 2.24) is 20.5 Å². The first-order valence-electron chi connectivity index (χ1n) is 12.4. The van der Waals surface area contributed by atoms with Gasteiger partial charge in [-0.05, 0) is 74.6 Å². The van der Waals surface area contributed by atoms with E-state index in [0.29, 0.717) is 15.8 Å². The summed E-state index contributed by atoms with van der Waals surface area (Å²) in [4.78, 5) is 43.8. The van der Waals surface area contributed by atoms with Crippen LogP contribution < -0.4 is 10.6 Å². The van der Waals surface area contributed by atoms with Crippen molar-refractivity contribution in [3.63, 3.8) is 0 Å². The van der Waals surface area contributed by atoms with Gasteiger partial charge in [0.25, 0.3) is 5.91 Å². The normalized spacial score (nSPS) is 14.4. The third kappa shape index (κ3) is 5.88. The van der Waals surface area contributed by atoms with Gasteiger partial charge in [0.05, 0.1) is 22.0 Å². The number of benzene rings is 2. The van der Waals surface area contributed by atoms with Gasteiger partial charge in [0.15, 0.2) is 15.1 Å². The van der Waals surface area contributed by atoms with E-state index >= 15 is 0 Å². The number of amides is 3. The minimum Gasteiger partial charge on any atom is -0.352 e. The molecule has 1 fully saturated rings. The fourth-order valence-corrected chi connectivity index (χ4v) is 6.81. The minimum absolute atomic E-state index is 0.107. The fraction of sp³-hybridized carbons (Fsp3) is 0.407. The van der Waals surface area contributed by atoms with E-state index < -0.39 is 26.2 Å². The monoisotopic (exact) mass is 556 g/mol. The number of carbonyl (C=O) groups excluding carboxylic acids is 3. The van der Waals surface area contributed by atoms with Crippen LogP contribution in [0.2, 0.25) is 0 Å². The zero-order valence-electron chi connectivity index (χ0n) is 22.1. The maximum atomic E-state index is 13.3. The zero-order chi connectivity index (χ0) is 27.8. The molecule has 1 aliphatic rings. The SMILES string of the molecule is Cc1cc2nc(C(C(=O)NCC(=O)NC3CC3)S(=O)(=O)C(C)C)sc2cc1-c1cccc(C(=O)N(C)C)c1. The van der Waals surface area contributed by atoms with Crippen LogP contribution in [0.25, 0.3) is 21.3 Å². The highest BCUT2D eigenvalue weighted by atomic mass is 32.2. The molecule has 1 aromatic heterocycles. The lowest BCUT2D eigenvalue weighted by Crippen LogP contribution is -2.42. The second-order valence-electron chi connectivity index (χ2n) is 10.0. The second-order valence-corrected chi connectivity index (χ2v) is 13.7. The minimum atomic E-state index is -3.93. The highest BCUT2D eigenvalue weighted by Gasteiger charge is 2.39. The molecule has 1 atom stereocenters. The van der Waals surface area contributed by atoms with Gasteiger partial charge < -0.3 is 15.5 Å². The molecule has 9 nitrogen and oxygen atoms in total. The summed E-state index contributed by atoms with van der Waals surface area (Å²) in [7, 11) is -0.537. The number of carbonyl (C=O) groups is 3. The Bertz CT molecular complexity index is 1510.